The van der Waals surface area contributed by atoms with Crippen molar-refractivity contribution < 1.29 is 9.90 Å². The molecule has 2 atom stereocenters. The van der Waals surface area contributed by atoms with Crippen molar-refractivity contribution in [3.8, 4) is 0 Å². The van der Waals surface area contributed by atoms with E-state index >= 15 is 0 Å². The van der Waals surface area contributed by atoms with Crippen LogP contribution in [0.25, 0.3) is 0 Å². The zero-order chi connectivity index (χ0) is 15.8. The summed E-state index contributed by atoms with van der Waals surface area (Å²) < 4.78 is 0. The molecule has 1 heterocycles. The number of aliphatic hydroxyl groups is 1. The number of aromatic nitrogens is 1. The number of thioether (sulfide) groups is 1. The Morgan fingerprint density at radius 2 is 1.95 bits per heavy atom. The number of benzene rings is 1. The van der Waals surface area contributed by atoms with E-state index in [4.69, 9.17) is 0 Å². The molecule has 0 fully saturated rings. The van der Waals surface area contributed by atoms with E-state index in [9.17, 15) is 9.90 Å². The van der Waals surface area contributed by atoms with E-state index in [1.165, 1.54) is 11.8 Å². The standard InChI is InChI=1S/C17H20N2O2S/c1-13(22-16-9-5-6-10-18-16)17(21)19-12-15(20)11-14-7-3-2-4-8-14/h2-10,13,15,20H,11-12H2,1H3,(H,19,21). The van der Waals surface area contributed by atoms with Crippen molar-refractivity contribution in [1.29, 1.82) is 0 Å². The van der Waals surface area contributed by atoms with Gasteiger partial charge in [0.2, 0.25) is 5.91 Å². The van der Waals surface area contributed by atoms with Crippen molar-refractivity contribution in [2.75, 3.05) is 6.54 Å². The van der Waals surface area contributed by atoms with E-state index in [-0.39, 0.29) is 17.7 Å². The molecule has 2 aromatic rings. The number of carbonyl (C=O) groups excluding carboxylic acids is 1. The van der Waals surface area contributed by atoms with Crippen LogP contribution >= 0.6 is 11.8 Å². The highest BCUT2D eigenvalue weighted by Gasteiger charge is 2.16. The number of nitrogens with one attached hydrogen (secondary N) is 1. The summed E-state index contributed by atoms with van der Waals surface area (Å²) in [5.41, 5.74) is 1.06. The molecule has 0 aliphatic rings. The quantitative estimate of drug-likeness (QED) is 0.769. The Morgan fingerprint density at radius 3 is 2.64 bits per heavy atom. The van der Waals surface area contributed by atoms with Gasteiger partial charge >= 0.3 is 0 Å². The molecule has 0 bridgehead atoms. The predicted molar refractivity (Wildman–Crippen MR) is 88.7 cm³/mol. The first-order chi connectivity index (χ1) is 10.6. The highest BCUT2D eigenvalue weighted by molar-refractivity contribution is 8.00. The van der Waals surface area contributed by atoms with Crippen LogP contribution in [0.4, 0.5) is 0 Å². The summed E-state index contributed by atoms with van der Waals surface area (Å²) in [6, 6.07) is 15.3. The molecule has 1 aromatic heterocycles. The molecule has 2 N–H and O–H groups in total. The third-order valence-corrected chi connectivity index (χ3v) is 4.18. The second kappa shape index (κ2) is 8.56. The minimum Gasteiger partial charge on any atom is -0.391 e. The van der Waals surface area contributed by atoms with E-state index in [2.05, 4.69) is 10.3 Å². The smallest absolute Gasteiger partial charge is 0.233 e. The number of hydrogen-bond acceptors (Lipinski definition) is 4. The van der Waals surface area contributed by atoms with Crippen molar-refractivity contribution in [1.82, 2.24) is 10.3 Å². The van der Waals surface area contributed by atoms with Crippen LogP contribution in [0.15, 0.2) is 59.8 Å². The Balaban J connectivity index is 1.74. The number of aliphatic hydroxyl groups excluding tert-OH is 1. The van der Waals surface area contributed by atoms with Crippen molar-refractivity contribution in [3.05, 3.63) is 60.3 Å². The Labute approximate surface area is 135 Å². The number of nitrogens with zero attached hydrogens (tertiary/aromatic N) is 1. The topological polar surface area (TPSA) is 62.2 Å². The number of hydrogen-bond donors (Lipinski definition) is 2. The second-order valence-electron chi connectivity index (χ2n) is 5.02. The SMILES string of the molecule is CC(Sc1ccccn1)C(=O)NCC(O)Cc1ccccc1. The van der Waals surface area contributed by atoms with Gasteiger partial charge in [-0.2, -0.15) is 0 Å². The van der Waals surface area contributed by atoms with Gasteiger partial charge in [0.05, 0.1) is 16.4 Å². The fourth-order valence-corrected chi connectivity index (χ4v) is 2.80. The van der Waals surface area contributed by atoms with E-state index in [0.29, 0.717) is 6.42 Å². The molecule has 0 saturated carbocycles. The van der Waals surface area contributed by atoms with Crippen molar-refractivity contribution in [2.45, 2.75) is 29.7 Å². The zero-order valence-electron chi connectivity index (χ0n) is 12.5. The van der Waals surface area contributed by atoms with Crippen LogP contribution in [0, 0.1) is 0 Å². The molecule has 116 valence electrons. The van der Waals surface area contributed by atoms with Crippen LogP contribution in [-0.2, 0) is 11.2 Å². The lowest BCUT2D eigenvalue weighted by Gasteiger charge is -2.15. The molecule has 4 nitrogen and oxygen atoms in total. The molecule has 0 aliphatic heterocycles. The number of pyridine rings is 1. The van der Waals surface area contributed by atoms with Crippen LogP contribution < -0.4 is 5.32 Å². The lowest BCUT2D eigenvalue weighted by Crippen LogP contribution is -2.37. The predicted octanol–water partition coefficient (Wildman–Crippen LogP) is 2.28. The molecule has 22 heavy (non-hydrogen) atoms. The molecule has 0 saturated heterocycles. The molecule has 1 amide bonds. The van der Waals surface area contributed by atoms with E-state index in [1.807, 2.05) is 55.5 Å². The van der Waals surface area contributed by atoms with Gasteiger partial charge in [-0.25, -0.2) is 4.98 Å². The number of rotatable bonds is 7. The molecule has 0 spiro atoms. The first-order valence-electron chi connectivity index (χ1n) is 7.22. The molecule has 0 aliphatic carbocycles. The summed E-state index contributed by atoms with van der Waals surface area (Å²) in [6.07, 6.45) is 1.65. The van der Waals surface area contributed by atoms with Gasteiger partial charge in [-0.15, -0.1) is 0 Å². The van der Waals surface area contributed by atoms with Gasteiger partial charge in [0.15, 0.2) is 0 Å². The lowest BCUT2D eigenvalue weighted by molar-refractivity contribution is -0.120. The average molecular weight is 316 g/mol. The number of amides is 1. The fraction of sp³-hybridized carbons (Fsp3) is 0.294. The van der Waals surface area contributed by atoms with Gasteiger partial charge in [-0.3, -0.25) is 4.79 Å². The highest BCUT2D eigenvalue weighted by atomic mass is 32.2. The van der Waals surface area contributed by atoms with Gasteiger partial charge in [0.1, 0.15) is 0 Å². The molecule has 2 rings (SSSR count). The summed E-state index contributed by atoms with van der Waals surface area (Å²) in [5.74, 6) is -0.0947. The largest absolute Gasteiger partial charge is 0.391 e. The highest BCUT2D eigenvalue weighted by Crippen LogP contribution is 2.20. The van der Waals surface area contributed by atoms with Gasteiger partial charge in [-0.1, -0.05) is 48.2 Å². The van der Waals surface area contributed by atoms with Crippen molar-refractivity contribution in [2.24, 2.45) is 0 Å². The van der Waals surface area contributed by atoms with Crippen LogP contribution in [0.3, 0.4) is 0 Å². The summed E-state index contributed by atoms with van der Waals surface area (Å²) in [4.78, 5) is 16.2. The monoisotopic (exact) mass is 316 g/mol. The molecule has 0 radical (unpaired) electrons. The number of carbonyl (C=O) groups is 1. The summed E-state index contributed by atoms with van der Waals surface area (Å²) in [7, 11) is 0. The molecule has 2 unspecified atom stereocenters. The van der Waals surface area contributed by atoms with Crippen molar-refractivity contribution >= 4 is 17.7 Å². The maximum atomic E-state index is 12.0. The third kappa shape index (κ3) is 5.50. The Morgan fingerprint density at radius 1 is 1.23 bits per heavy atom. The Hall–Kier alpha value is -1.85. The van der Waals surface area contributed by atoms with Gasteiger partial charge in [-0.05, 0) is 24.6 Å². The van der Waals surface area contributed by atoms with Gasteiger partial charge < -0.3 is 10.4 Å². The summed E-state index contributed by atoms with van der Waals surface area (Å²) in [6.45, 7) is 2.08. The normalized spacial score (nSPS) is 13.4. The maximum absolute atomic E-state index is 12.0. The van der Waals surface area contributed by atoms with Crippen LogP contribution in [0.1, 0.15) is 12.5 Å². The average Bonchev–Trinajstić information content (AvgIpc) is 2.54. The van der Waals surface area contributed by atoms with Crippen molar-refractivity contribution in [3.63, 3.8) is 0 Å². The van der Waals surface area contributed by atoms with Crippen LogP contribution in [0.5, 0.6) is 0 Å². The molecule has 1 aromatic carbocycles. The first-order valence-corrected chi connectivity index (χ1v) is 8.10. The Bertz CT molecular complexity index is 578. The lowest BCUT2D eigenvalue weighted by atomic mass is 10.1. The minimum atomic E-state index is -0.585. The summed E-state index contributed by atoms with van der Waals surface area (Å²) >= 11 is 1.40. The summed E-state index contributed by atoms with van der Waals surface area (Å²) in [5, 5.41) is 13.3. The van der Waals surface area contributed by atoms with Crippen LogP contribution in [0.2, 0.25) is 0 Å². The van der Waals surface area contributed by atoms with Gasteiger partial charge in [0.25, 0.3) is 0 Å². The third-order valence-electron chi connectivity index (χ3n) is 3.13. The second-order valence-corrected chi connectivity index (χ2v) is 6.38. The minimum absolute atomic E-state index is 0.0947. The molecule has 5 heteroatoms. The Kier molecular flexibility index (Phi) is 6.43. The van der Waals surface area contributed by atoms with Gasteiger partial charge in [0, 0.05) is 19.2 Å². The van der Waals surface area contributed by atoms with Crippen LogP contribution in [-0.4, -0.2) is 33.9 Å². The molecular formula is C17H20N2O2S. The van der Waals surface area contributed by atoms with E-state index in [1.54, 1.807) is 6.20 Å². The first kappa shape index (κ1) is 16.5. The molecular weight excluding hydrogens is 296 g/mol. The fourth-order valence-electron chi connectivity index (χ4n) is 1.97. The zero-order valence-corrected chi connectivity index (χ0v) is 13.3. The maximum Gasteiger partial charge on any atom is 0.233 e. The van der Waals surface area contributed by atoms with E-state index < -0.39 is 6.10 Å². The van der Waals surface area contributed by atoms with E-state index in [0.717, 1.165) is 10.6 Å².